The van der Waals surface area contributed by atoms with Crippen LogP contribution in [0.4, 0.5) is 5.69 Å². The minimum atomic E-state index is -3.74. The Morgan fingerprint density at radius 3 is 2.33 bits per heavy atom. The van der Waals surface area contributed by atoms with E-state index >= 15 is 0 Å². The van der Waals surface area contributed by atoms with Crippen molar-refractivity contribution in [2.45, 2.75) is 11.3 Å². The summed E-state index contributed by atoms with van der Waals surface area (Å²) in [6.45, 7) is 0. The lowest BCUT2D eigenvalue weighted by Gasteiger charge is -2.12. The van der Waals surface area contributed by atoms with Gasteiger partial charge in [-0.2, -0.15) is 0 Å². The van der Waals surface area contributed by atoms with E-state index in [-0.39, 0.29) is 4.90 Å². The molecule has 0 unspecified atom stereocenters. The monoisotopic (exact) mass is 381 g/mol. The fourth-order valence-corrected chi connectivity index (χ4v) is 4.47. The third kappa shape index (κ3) is 3.13. The van der Waals surface area contributed by atoms with Crippen LogP contribution < -0.4 is 14.2 Å². The number of methoxy groups -OCH3 is 2. The number of hydrogen-bond acceptors (Lipinski definition) is 4. The van der Waals surface area contributed by atoms with Crippen molar-refractivity contribution in [3.63, 3.8) is 0 Å². The molecule has 1 aliphatic rings. The molecule has 0 fully saturated rings. The number of fused-ring (bicyclic) bond motifs is 3. The topological polar surface area (TPSA) is 64.6 Å². The van der Waals surface area contributed by atoms with Gasteiger partial charge in [-0.3, -0.25) is 4.72 Å². The van der Waals surface area contributed by atoms with Gasteiger partial charge in [-0.05, 0) is 52.9 Å². The van der Waals surface area contributed by atoms with Gasteiger partial charge in [0.05, 0.1) is 19.1 Å². The van der Waals surface area contributed by atoms with E-state index < -0.39 is 10.0 Å². The summed E-state index contributed by atoms with van der Waals surface area (Å²) in [6, 6.07) is 18.4. The minimum absolute atomic E-state index is 0.115. The molecule has 1 aliphatic carbocycles. The fraction of sp³-hybridized carbons (Fsp3) is 0.143. The average Bonchev–Trinajstić information content (AvgIpc) is 3.04. The average molecular weight is 381 g/mol. The molecule has 0 radical (unpaired) electrons. The minimum Gasteiger partial charge on any atom is -0.493 e. The first kappa shape index (κ1) is 17.4. The maximum Gasteiger partial charge on any atom is 0.262 e. The summed E-state index contributed by atoms with van der Waals surface area (Å²) in [7, 11) is -0.762. The molecule has 0 saturated heterocycles. The Balaban J connectivity index is 1.64. The highest BCUT2D eigenvalue weighted by atomic mass is 32.2. The number of benzene rings is 3. The predicted octanol–water partition coefficient (Wildman–Crippen LogP) is 4.08. The summed E-state index contributed by atoms with van der Waals surface area (Å²) in [5.74, 6) is 0.844. The second-order valence-electron chi connectivity index (χ2n) is 6.33. The van der Waals surface area contributed by atoms with E-state index in [4.69, 9.17) is 9.47 Å². The van der Waals surface area contributed by atoms with Gasteiger partial charge in [0.15, 0.2) is 11.5 Å². The fourth-order valence-electron chi connectivity index (χ4n) is 3.41. The quantitative estimate of drug-likeness (QED) is 0.566. The van der Waals surface area contributed by atoms with Gasteiger partial charge in [-0.15, -0.1) is 0 Å². The van der Waals surface area contributed by atoms with E-state index in [0.717, 1.165) is 17.5 Å². The van der Waals surface area contributed by atoms with Gasteiger partial charge in [0.2, 0.25) is 0 Å². The zero-order valence-corrected chi connectivity index (χ0v) is 15.8. The van der Waals surface area contributed by atoms with E-state index in [1.807, 2.05) is 24.3 Å². The second-order valence-corrected chi connectivity index (χ2v) is 8.01. The number of sulfonamides is 1. The van der Waals surface area contributed by atoms with Gasteiger partial charge in [0.25, 0.3) is 10.0 Å². The van der Waals surface area contributed by atoms with Gasteiger partial charge in [-0.1, -0.05) is 30.3 Å². The highest BCUT2D eigenvalue weighted by molar-refractivity contribution is 7.92. The van der Waals surface area contributed by atoms with Crippen molar-refractivity contribution in [3.8, 4) is 22.6 Å². The van der Waals surface area contributed by atoms with Crippen LogP contribution in [0.5, 0.6) is 11.5 Å². The third-order valence-corrected chi connectivity index (χ3v) is 6.09. The van der Waals surface area contributed by atoms with Crippen molar-refractivity contribution < 1.29 is 17.9 Å². The molecule has 0 atom stereocenters. The molecule has 3 aromatic rings. The van der Waals surface area contributed by atoms with Crippen LogP contribution in [-0.4, -0.2) is 22.6 Å². The summed E-state index contributed by atoms with van der Waals surface area (Å²) in [4.78, 5) is 0.115. The summed E-state index contributed by atoms with van der Waals surface area (Å²) < 4.78 is 38.6. The van der Waals surface area contributed by atoms with Crippen molar-refractivity contribution in [1.29, 1.82) is 0 Å². The van der Waals surface area contributed by atoms with Crippen LogP contribution in [0.1, 0.15) is 11.1 Å². The molecule has 0 aliphatic heterocycles. The number of anilines is 1. The lowest BCUT2D eigenvalue weighted by Crippen LogP contribution is -2.13. The van der Waals surface area contributed by atoms with E-state index in [0.29, 0.717) is 17.2 Å². The molecule has 1 N–H and O–H groups in total. The van der Waals surface area contributed by atoms with Crippen LogP contribution in [0.3, 0.4) is 0 Å². The molecule has 4 rings (SSSR count). The molecular weight excluding hydrogens is 362 g/mol. The van der Waals surface area contributed by atoms with E-state index in [1.165, 1.54) is 37.5 Å². The van der Waals surface area contributed by atoms with Gasteiger partial charge in [0, 0.05) is 11.8 Å². The van der Waals surface area contributed by atoms with Gasteiger partial charge >= 0.3 is 0 Å². The molecule has 0 amide bonds. The Hall–Kier alpha value is -2.99. The van der Waals surface area contributed by atoms with Gasteiger partial charge < -0.3 is 9.47 Å². The van der Waals surface area contributed by atoms with Gasteiger partial charge in [0.1, 0.15) is 0 Å². The summed E-state index contributed by atoms with van der Waals surface area (Å²) >= 11 is 0. The molecule has 0 spiro atoms. The van der Waals surface area contributed by atoms with Crippen LogP contribution >= 0.6 is 0 Å². The van der Waals surface area contributed by atoms with E-state index in [2.05, 4.69) is 16.9 Å². The van der Waals surface area contributed by atoms with Gasteiger partial charge in [-0.25, -0.2) is 8.42 Å². The molecule has 5 nitrogen and oxygen atoms in total. The Labute approximate surface area is 158 Å². The van der Waals surface area contributed by atoms with E-state index in [9.17, 15) is 8.42 Å². The predicted molar refractivity (Wildman–Crippen MR) is 105 cm³/mol. The molecule has 0 aromatic heterocycles. The first-order chi connectivity index (χ1) is 13.0. The lowest BCUT2D eigenvalue weighted by molar-refractivity contribution is 0.354. The van der Waals surface area contributed by atoms with Crippen LogP contribution in [0.25, 0.3) is 11.1 Å². The molecule has 0 bridgehead atoms. The standard InChI is InChI=1S/C21H19NO4S/c1-25-20-10-8-17(13-21(20)26-2)27(23,24)22-16-7-9-19-15(12-16)11-14-5-3-4-6-18(14)19/h3-10,12-13,22H,11H2,1-2H3. The van der Waals surface area contributed by atoms with Crippen molar-refractivity contribution in [3.05, 3.63) is 71.8 Å². The summed E-state index contributed by atoms with van der Waals surface area (Å²) in [5.41, 5.74) is 5.27. The molecule has 3 aromatic carbocycles. The molecule has 0 heterocycles. The lowest BCUT2D eigenvalue weighted by atomic mass is 10.1. The third-order valence-electron chi connectivity index (χ3n) is 4.71. The molecular formula is C21H19NO4S. The van der Waals surface area contributed by atoms with E-state index in [1.54, 1.807) is 12.1 Å². The maximum absolute atomic E-state index is 12.8. The zero-order chi connectivity index (χ0) is 19.0. The van der Waals surface area contributed by atoms with Crippen molar-refractivity contribution in [1.82, 2.24) is 0 Å². The van der Waals surface area contributed by atoms with Crippen molar-refractivity contribution in [2.24, 2.45) is 0 Å². The first-order valence-electron chi connectivity index (χ1n) is 8.48. The normalized spacial score (nSPS) is 12.2. The van der Waals surface area contributed by atoms with Crippen molar-refractivity contribution >= 4 is 15.7 Å². The smallest absolute Gasteiger partial charge is 0.262 e. The summed E-state index contributed by atoms with van der Waals surface area (Å²) in [6.07, 6.45) is 0.803. The highest BCUT2D eigenvalue weighted by Crippen LogP contribution is 2.38. The SMILES string of the molecule is COc1ccc(S(=O)(=O)Nc2ccc3c(c2)Cc2ccccc2-3)cc1OC. The van der Waals surface area contributed by atoms with Crippen LogP contribution in [-0.2, 0) is 16.4 Å². The van der Waals surface area contributed by atoms with Crippen molar-refractivity contribution in [2.75, 3.05) is 18.9 Å². The molecule has 6 heteroatoms. The zero-order valence-electron chi connectivity index (χ0n) is 15.0. The number of rotatable bonds is 5. The molecule has 27 heavy (non-hydrogen) atoms. The van der Waals surface area contributed by atoms with Crippen LogP contribution in [0.2, 0.25) is 0 Å². The van der Waals surface area contributed by atoms with Crippen LogP contribution in [0, 0.1) is 0 Å². The highest BCUT2D eigenvalue weighted by Gasteiger charge is 2.21. The van der Waals surface area contributed by atoms with Crippen LogP contribution in [0.15, 0.2) is 65.6 Å². The Morgan fingerprint density at radius 1 is 0.815 bits per heavy atom. The summed E-state index contributed by atoms with van der Waals surface area (Å²) in [5, 5.41) is 0. The Bertz CT molecular complexity index is 1120. The second kappa shape index (κ2) is 6.63. The Morgan fingerprint density at radius 2 is 1.56 bits per heavy atom. The molecule has 0 saturated carbocycles. The Kier molecular flexibility index (Phi) is 4.28. The first-order valence-corrected chi connectivity index (χ1v) is 9.96. The maximum atomic E-state index is 12.8. The molecule has 138 valence electrons. The largest absolute Gasteiger partial charge is 0.493 e. The number of hydrogen-bond donors (Lipinski definition) is 1. The number of nitrogens with one attached hydrogen (secondary N) is 1. The number of ether oxygens (including phenoxy) is 2.